The summed E-state index contributed by atoms with van der Waals surface area (Å²) in [6.45, 7) is 13.1. The van der Waals surface area contributed by atoms with Gasteiger partial charge in [0.05, 0.1) is 0 Å². The van der Waals surface area contributed by atoms with Gasteiger partial charge in [-0.15, -0.1) is 0 Å². The number of rotatable bonds is 8. The van der Waals surface area contributed by atoms with Crippen LogP contribution >= 0.6 is 0 Å². The first-order chi connectivity index (χ1) is 6.63. The highest BCUT2D eigenvalue weighted by Gasteiger charge is 2.06. The molecule has 0 unspecified atom stereocenters. The van der Waals surface area contributed by atoms with Crippen LogP contribution in [0.3, 0.4) is 0 Å². The first kappa shape index (κ1) is 13.4. The number of allylic oxidation sites excluding steroid dienone is 1. The third-order valence-corrected chi connectivity index (χ3v) is 2.55. The Balaban J connectivity index is 3.67. The van der Waals surface area contributed by atoms with E-state index in [1.807, 2.05) is 6.92 Å². The minimum Gasteiger partial charge on any atom is -0.303 e. The minimum atomic E-state index is 0.323. The van der Waals surface area contributed by atoms with Crippen LogP contribution in [0, 0.1) is 0 Å². The smallest absolute Gasteiger partial charge is 0.138 e. The second-order valence-corrected chi connectivity index (χ2v) is 3.60. The summed E-state index contributed by atoms with van der Waals surface area (Å²) in [4.78, 5) is 13.7. The Morgan fingerprint density at radius 3 is 2.21 bits per heavy atom. The number of hydrogen-bond donors (Lipinski definition) is 0. The van der Waals surface area contributed by atoms with E-state index in [4.69, 9.17) is 0 Å². The molecule has 0 heterocycles. The van der Waals surface area contributed by atoms with Crippen LogP contribution in [0.1, 0.15) is 40.0 Å². The molecule has 0 radical (unpaired) electrons. The van der Waals surface area contributed by atoms with Crippen molar-refractivity contribution in [1.82, 2.24) is 4.90 Å². The topological polar surface area (TPSA) is 20.3 Å². The van der Waals surface area contributed by atoms with E-state index < -0.39 is 0 Å². The Morgan fingerprint density at radius 1 is 1.21 bits per heavy atom. The number of carbonyl (C=O) groups excluding carboxylic acids is 1. The van der Waals surface area contributed by atoms with Crippen molar-refractivity contribution in [2.75, 3.05) is 19.6 Å². The summed E-state index contributed by atoms with van der Waals surface area (Å²) in [5, 5.41) is 0. The minimum absolute atomic E-state index is 0.323. The van der Waals surface area contributed by atoms with Gasteiger partial charge in [-0.1, -0.05) is 32.9 Å². The van der Waals surface area contributed by atoms with Crippen molar-refractivity contribution in [2.24, 2.45) is 0 Å². The van der Waals surface area contributed by atoms with Gasteiger partial charge in [-0.2, -0.15) is 0 Å². The lowest BCUT2D eigenvalue weighted by Gasteiger charge is -2.17. The predicted octanol–water partition coefficient (Wildman–Crippen LogP) is 2.64. The monoisotopic (exact) mass is 197 g/mol. The molecule has 0 saturated carbocycles. The summed E-state index contributed by atoms with van der Waals surface area (Å²) in [5.41, 5.74) is 1.05. The standard InChI is InChI=1S/C12H23NO/c1-5-11(4)10-12(14)8-9-13(6-2)7-3/h4-10H2,1-3H3. The van der Waals surface area contributed by atoms with Crippen molar-refractivity contribution in [3.8, 4) is 0 Å². The number of ketones is 1. The van der Waals surface area contributed by atoms with E-state index in [2.05, 4.69) is 25.3 Å². The average molecular weight is 197 g/mol. The lowest BCUT2D eigenvalue weighted by atomic mass is 10.1. The van der Waals surface area contributed by atoms with E-state index in [-0.39, 0.29) is 0 Å². The van der Waals surface area contributed by atoms with Crippen LogP contribution in [0.5, 0.6) is 0 Å². The molecule has 0 aromatic rings. The Labute approximate surface area is 88.0 Å². The lowest BCUT2D eigenvalue weighted by molar-refractivity contribution is -0.118. The maximum Gasteiger partial charge on any atom is 0.138 e. The molecule has 14 heavy (non-hydrogen) atoms. The number of carbonyl (C=O) groups is 1. The van der Waals surface area contributed by atoms with Gasteiger partial charge in [0, 0.05) is 19.4 Å². The molecular weight excluding hydrogens is 174 g/mol. The van der Waals surface area contributed by atoms with Crippen molar-refractivity contribution in [3.63, 3.8) is 0 Å². The summed E-state index contributed by atoms with van der Waals surface area (Å²) in [5.74, 6) is 0.323. The molecule has 0 N–H and O–H groups in total. The van der Waals surface area contributed by atoms with Gasteiger partial charge in [-0.3, -0.25) is 4.79 Å². The fraction of sp³-hybridized carbons (Fsp3) is 0.750. The SMILES string of the molecule is C=C(CC)CC(=O)CCN(CC)CC. The van der Waals surface area contributed by atoms with E-state index in [9.17, 15) is 4.79 Å². The van der Waals surface area contributed by atoms with Crippen molar-refractivity contribution >= 4 is 5.78 Å². The van der Waals surface area contributed by atoms with Gasteiger partial charge in [0.1, 0.15) is 5.78 Å². The largest absolute Gasteiger partial charge is 0.303 e. The highest BCUT2D eigenvalue weighted by atomic mass is 16.1. The Morgan fingerprint density at radius 2 is 1.79 bits per heavy atom. The molecule has 82 valence electrons. The van der Waals surface area contributed by atoms with E-state index in [0.717, 1.165) is 31.6 Å². The first-order valence-electron chi connectivity index (χ1n) is 5.54. The summed E-state index contributed by atoms with van der Waals surface area (Å²) >= 11 is 0. The number of Topliss-reactive ketones (excluding diaryl/α,β-unsaturated/α-hetero) is 1. The van der Waals surface area contributed by atoms with Gasteiger partial charge < -0.3 is 4.90 Å². The fourth-order valence-corrected chi connectivity index (χ4v) is 1.31. The Kier molecular flexibility index (Phi) is 7.40. The average Bonchev–Trinajstić information content (AvgIpc) is 2.19. The van der Waals surface area contributed by atoms with Crippen molar-refractivity contribution in [3.05, 3.63) is 12.2 Å². The van der Waals surface area contributed by atoms with E-state index in [1.54, 1.807) is 0 Å². The van der Waals surface area contributed by atoms with Gasteiger partial charge in [-0.25, -0.2) is 0 Å². The van der Waals surface area contributed by atoms with Gasteiger partial charge >= 0.3 is 0 Å². The molecule has 0 saturated heterocycles. The Hall–Kier alpha value is -0.630. The summed E-state index contributed by atoms with van der Waals surface area (Å²) < 4.78 is 0. The van der Waals surface area contributed by atoms with E-state index >= 15 is 0 Å². The fourth-order valence-electron chi connectivity index (χ4n) is 1.31. The second kappa shape index (κ2) is 7.74. The number of hydrogen-bond acceptors (Lipinski definition) is 2. The zero-order valence-corrected chi connectivity index (χ0v) is 9.81. The van der Waals surface area contributed by atoms with Gasteiger partial charge in [0.25, 0.3) is 0 Å². The lowest BCUT2D eigenvalue weighted by Crippen LogP contribution is -2.25. The predicted molar refractivity (Wildman–Crippen MR) is 61.5 cm³/mol. The molecule has 2 nitrogen and oxygen atoms in total. The van der Waals surface area contributed by atoms with Crippen molar-refractivity contribution in [1.29, 1.82) is 0 Å². The molecule has 0 aromatic carbocycles. The zero-order chi connectivity index (χ0) is 11.0. The molecule has 0 aliphatic carbocycles. The van der Waals surface area contributed by atoms with Crippen LogP contribution in [0.15, 0.2) is 12.2 Å². The highest BCUT2D eigenvalue weighted by Crippen LogP contribution is 2.05. The van der Waals surface area contributed by atoms with Crippen LogP contribution in [-0.4, -0.2) is 30.3 Å². The van der Waals surface area contributed by atoms with Crippen molar-refractivity contribution < 1.29 is 4.79 Å². The van der Waals surface area contributed by atoms with Crippen LogP contribution in [-0.2, 0) is 4.79 Å². The molecule has 0 atom stereocenters. The normalized spacial score (nSPS) is 10.6. The summed E-state index contributed by atoms with van der Waals surface area (Å²) in [6.07, 6.45) is 2.15. The van der Waals surface area contributed by atoms with Crippen molar-refractivity contribution in [2.45, 2.75) is 40.0 Å². The molecule has 2 heteroatoms. The van der Waals surface area contributed by atoms with Crippen LogP contribution in [0.4, 0.5) is 0 Å². The molecule has 0 aromatic heterocycles. The van der Waals surface area contributed by atoms with E-state index in [1.165, 1.54) is 0 Å². The second-order valence-electron chi connectivity index (χ2n) is 3.60. The maximum atomic E-state index is 11.5. The zero-order valence-electron chi connectivity index (χ0n) is 9.81. The molecule has 0 spiro atoms. The molecule has 0 rings (SSSR count). The maximum absolute atomic E-state index is 11.5. The molecule has 0 aliphatic heterocycles. The number of nitrogens with zero attached hydrogens (tertiary/aromatic N) is 1. The highest BCUT2D eigenvalue weighted by molar-refractivity contribution is 5.80. The molecule has 0 bridgehead atoms. The van der Waals surface area contributed by atoms with Crippen LogP contribution in [0.2, 0.25) is 0 Å². The molecule has 0 fully saturated rings. The van der Waals surface area contributed by atoms with Crippen LogP contribution in [0.25, 0.3) is 0 Å². The molecule has 0 aliphatic rings. The van der Waals surface area contributed by atoms with Gasteiger partial charge in [-0.05, 0) is 19.5 Å². The molecule has 0 amide bonds. The Bertz CT molecular complexity index is 183. The first-order valence-corrected chi connectivity index (χ1v) is 5.54. The third-order valence-electron chi connectivity index (χ3n) is 2.55. The molecular formula is C12H23NO. The van der Waals surface area contributed by atoms with Gasteiger partial charge in [0.15, 0.2) is 0 Å². The van der Waals surface area contributed by atoms with Gasteiger partial charge in [0.2, 0.25) is 0 Å². The summed E-state index contributed by atoms with van der Waals surface area (Å²) in [7, 11) is 0. The quantitative estimate of drug-likeness (QED) is 0.558. The van der Waals surface area contributed by atoms with E-state index in [0.29, 0.717) is 18.6 Å². The third kappa shape index (κ3) is 5.92. The summed E-state index contributed by atoms with van der Waals surface area (Å²) in [6, 6.07) is 0. The van der Waals surface area contributed by atoms with Crippen LogP contribution < -0.4 is 0 Å².